The van der Waals surface area contributed by atoms with Crippen molar-refractivity contribution in [1.82, 2.24) is 4.31 Å². The molecule has 0 aromatic carbocycles. The number of hydrogen-bond acceptors (Lipinski definition) is 2. The number of nitrogens with zero attached hydrogens (tertiary/aromatic N) is 1. The Morgan fingerprint density at radius 1 is 1.40 bits per heavy atom. The zero-order chi connectivity index (χ0) is 8.20. The van der Waals surface area contributed by atoms with Crippen molar-refractivity contribution in [3.8, 4) is 0 Å². The quantitative estimate of drug-likeness (QED) is 0.618. The van der Waals surface area contributed by atoms with Gasteiger partial charge in [0.2, 0.25) is 0 Å². The fourth-order valence-corrected chi connectivity index (χ4v) is 1.88. The SMILES string of the molecule is CCCN(CC)S(=O)(=O)Cl. The van der Waals surface area contributed by atoms with E-state index >= 15 is 0 Å². The molecule has 0 saturated heterocycles. The molecule has 0 saturated carbocycles. The molecule has 0 aliphatic carbocycles. The highest BCUT2D eigenvalue weighted by Crippen LogP contribution is 2.05. The smallest absolute Gasteiger partial charge is 0.195 e. The minimum Gasteiger partial charge on any atom is -0.195 e. The third-order valence-corrected chi connectivity index (χ3v) is 2.78. The van der Waals surface area contributed by atoms with Crippen LogP contribution in [0.15, 0.2) is 0 Å². The Bertz CT molecular complexity index is 178. The van der Waals surface area contributed by atoms with Crippen LogP contribution in [0.4, 0.5) is 0 Å². The second-order valence-corrected chi connectivity index (χ2v) is 4.44. The summed E-state index contributed by atoms with van der Waals surface area (Å²) in [6.07, 6.45) is 0.791. The van der Waals surface area contributed by atoms with E-state index in [4.69, 9.17) is 10.7 Å². The maximum absolute atomic E-state index is 10.6. The van der Waals surface area contributed by atoms with Gasteiger partial charge >= 0.3 is 0 Å². The maximum atomic E-state index is 10.6. The number of rotatable bonds is 4. The molecular weight excluding hydrogens is 174 g/mol. The summed E-state index contributed by atoms with van der Waals surface area (Å²) in [6.45, 7) is 4.61. The molecule has 0 aromatic heterocycles. The van der Waals surface area contributed by atoms with Gasteiger partial charge in [-0.25, -0.2) is 0 Å². The van der Waals surface area contributed by atoms with Crippen molar-refractivity contribution < 1.29 is 8.42 Å². The van der Waals surface area contributed by atoms with Crippen LogP contribution in [0.2, 0.25) is 0 Å². The highest BCUT2D eigenvalue weighted by Gasteiger charge is 2.14. The average molecular weight is 186 g/mol. The molecule has 0 fully saturated rings. The third kappa shape index (κ3) is 3.39. The molecule has 0 rings (SSSR count). The van der Waals surface area contributed by atoms with E-state index in [1.165, 1.54) is 4.31 Å². The van der Waals surface area contributed by atoms with Gasteiger partial charge in [0.25, 0.3) is 9.24 Å². The van der Waals surface area contributed by atoms with E-state index in [0.29, 0.717) is 13.1 Å². The second-order valence-electron chi connectivity index (χ2n) is 1.93. The Balaban J connectivity index is 4.08. The minimum absolute atomic E-state index is 0.444. The summed E-state index contributed by atoms with van der Waals surface area (Å²) in [5, 5.41) is 0. The van der Waals surface area contributed by atoms with Gasteiger partial charge in [0.1, 0.15) is 0 Å². The summed E-state index contributed by atoms with van der Waals surface area (Å²) in [7, 11) is 1.60. The van der Waals surface area contributed by atoms with Crippen LogP contribution in [-0.2, 0) is 9.24 Å². The third-order valence-electron chi connectivity index (χ3n) is 1.13. The molecule has 10 heavy (non-hydrogen) atoms. The van der Waals surface area contributed by atoms with E-state index in [1.54, 1.807) is 6.92 Å². The molecule has 0 aliphatic heterocycles. The zero-order valence-corrected chi connectivity index (χ0v) is 7.74. The molecule has 0 spiro atoms. The van der Waals surface area contributed by atoms with Crippen molar-refractivity contribution in [2.75, 3.05) is 13.1 Å². The van der Waals surface area contributed by atoms with Crippen molar-refractivity contribution in [1.29, 1.82) is 0 Å². The molecular formula is C5H12ClNO2S. The summed E-state index contributed by atoms with van der Waals surface area (Å²) in [5.41, 5.74) is 0. The largest absolute Gasteiger partial charge is 0.299 e. The molecule has 0 atom stereocenters. The Hall–Kier alpha value is 0.200. The van der Waals surface area contributed by atoms with Crippen LogP contribution in [0.25, 0.3) is 0 Å². The van der Waals surface area contributed by atoms with Gasteiger partial charge in [-0.1, -0.05) is 13.8 Å². The highest BCUT2D eigenvalue weighted by molar-refractivity contribution is 8.11. The Morgan fingerprint density at radius 3 is 2.00 bits per heavy atom. The predicted molar refractivity (Wildman–Crippen MR) is 42.3 cm³/mol. The molecule has 5 heteroatoms. The molecule has 62 valence electrons. The van der Waals surface area contributed by atoms with E-state index in [-0.39, 0.29) is 0 Å². The van der Waals surface area contributed by atoms with Crippen LogP contribution in [0.1, 0.15) is 20.3 Å². The van der Waals surface area contributed by atoms with Gasteiger partial charge < -0.3 is 0 Å². The lowest BCUT2D eigenvalue weighted by atomic mass is 10.5. The van der Waals surface area contributed by atoms with Gasteiger partial charge in [-0.15, -0.1) is 0 Å². The van der Waals surface area contributed by atoms with Crippen molar-refractivity contribution in [2.45, 2.75) is 20.3 Å². The second kappa shape index (κ2) is 4.16. The van der Waals surface area contributed by atoms with Crippen LogP contribution in [-0.4, -0.2) is 25.8 Å². The summed E-state index contributed by atoms with van der Waals surface area (Å²) < 4.78 is 22.5. The Labute approximate surface area is 66.5 Å². The van der Waals surface area contributed by atoms with Crippen LogP contribution < -0.4 is 0 Å². The first-order valence-corrected chi connectivity index (χ1v) is 5.48. The van der Waals surface area contributed by atoms with Crippen LogP contribution >= 0.6 is 10.7 Å². The topological polar surface area (TPSA) is 37.4 Å². The highest BCUT2D eigenvalue weighted by atomic mass is 35.7. The van der Waals surface area contributed by atoms with E-state index in [2.05, 4.69) is 0 Å². The first-order valence-electron chi connectivity index (χ1n) is 3.22. The van der Waals surface area contributed by atoms with E-state index in [1.807, 2.05) is 6.92 Å². The normalized spacial score (nSPS) is 12.4. The zero-order valence-electron chi connectivity index (χ0n) is 6.17. The lowest BCUT2D eigenvalue weighted by molar-refractivity contribution is 0.438. The summed E-state index contributed by atoms with van der Waals surface area (Å²) in [5.74, 6) is 0. The number of hydrogen-bond donors (Lipinski definition) is 0. The molecule has 0 heterocycles. The first kappa shape index (κ1) is 10.2. The Kier molecular flexibility index (Phi) is 4.24. The lowest BCUT2D eigenvalue weighted by Gasteiger charge is -2.13. The van der Waals surface area contributed by atoms with Gasteiger partial charge in [-0.05, 0) is 6.42 Å². The fourth-order valence-electron chi connectivity index (χ4n) is 0.671. The van der Waals surface area contributed by atoms with Gasteiger partial charge in [0.15, 0.2) is 0 Å². The molecule has 0 N–H and O–H groups in total. The van der Waals surface area contributed by atoms with Crippen LogP contribution in [0, 0.1) is 0 Å². The standard InChI is InChI=1S/C5H12ClNO2S/c1-3-5-7(4-2)10(6,8)9/h3-5H2,1-2H3. The van der Waals surface area contributed by atoms with E-state index < -0.39 is 9.24 Å². The minimum atomic E-state index is -3.47. The molecule has 0 unspecified atom stereocenters. The molecule has 0 aromatic rings. The Morgan fingerprint density at radius 2 is 1.90 bits per heavy atom. The van der Waals surface area contributed by atoms with Crippen LogP contribution in [0.3, 0.4) is 0 Å². The van der Waals surface area contributed by atoms with E-state index in [9.17, 15) is 8.42 Å². The maximum Gasteiger partial charge on any atom is 0.299 e. The fraction of sp³-hybridized carbons (Fsp3) is 1.00. The molecule has 3 nitrogen and oxygen atoms in total. The summed E-state index contributed by atoms with van der Waals surface area (Å²) >= 11 is 0. The first-order chi connectivity index (χ1) is 4.52. The van der Waals surface area contributed by atoms with Gasteiger partial charge in [0, 0.05) is 23.8 Å². The van der Waals surface area contributed by atoms with Crippen molar-refractivity contribution in [3.05, 3.63) is 0 Å². The summed E-state index contributed by atoms with van der Waals surface area (Å²) in [6, 6.07) is 0. The van der Waals surface area contributed by atoms with Crippen molar-refractivity contribution in [2.24, 2.45) is 0 Å². The summed E-state index contributed by atoms with van der Waals surface area (Å²) in [4.78, 5) is 0. The molecule has 0 radical (unpaired) electrons. The van der Waals surface area contributed by atoms with Gasteiger partial charge in [0.05, 0.1) is 0 Å². The lowest BCUT2D eigenvalue weighted by Crippen LogP contribution is -2.27. The van der Waals surface area contributed by atoms with Crippen molar-refractivity contribution >= 4 is 19.9 Å². The molecule has 0 bridgehead atoms. The number of halogens is 1. The monoisotopic (exact) mass is 185 g/mol. The predicted octanol–water partition coefficient (Wildman–Crippen LogP) is 1.20. The van der Waals surface area contributed by atoms with Crippen molar-refractivity contribution in [3.63, 3.8) is 0 Å². The van der Waals surface area contributed by atoms with E-state index in [0.717, 1.165) is 6.42 Å². The van der Waals surface area contributed by atoms with Crippen LogP contribution in [0.5, 0.6) is 0 Å². The average Bonchev–Trinajstić information content (AvgIpc) is 1.80. The van der Waals surface area contributed by atoms with Gasteiger partial charge in [-0.3, -0.25) is 0 Å². The molecule has 0 amide bonds. The molecule has 0 aliphatic rings. The van der Waals surface area contributed by atoms with Gasteiger partial charge in [-0.2, -0.15) is 12.7 Å².